The number of aromatic nitrogens is 2. The largest absolute Gasteiger partial charge is 0.395 e. The van der Waals surface area contributed by atoms with E-state index in [0.29, 0.717) is 16.3 Å². The third-order valence-corrected chi connectivity index (χ3v) is 5.59. The number of thioether (sulfide) groups is 1. The second-order valence-corrected chi connectivity index (χ2v) is 7.47. The van der Waals surface area contributed by atoms with Crippen molar-refractivity contribution in [2.45, 2.75) is 44.2 Å². The minimum Gasteiger partial charge on any atom is -0.395 e. The fourth-order valence-corrected chi connectivity index (χ4v) is 4.08. The quantitative estimate of drug-likeness (QED) is 0.583. The number of aliphatic hydroxyl groups is 1. The molecule has 144 valence electrons. The van der Waals surface area contributed by atoms with Gasteiger partial charge in [-0.05, 0) is 50.3 Å². The Kier molecular flexibility index (Phi) is 6.28. The molecule has 0 unspecified atom stereocenters. The van der Waals surface area contributed by atoms with Crippen LogP contribution >= 0.6 is 11.8 Å². The standard InChI is InChI=1S/C19H22FN3O3S/c1-12-6-7-13(10-15(12)20)21-17(25)11-27-18-14-4-2-3-5-16(14)23(8-9-24)19(26)22-18/h6-7,10,24H,2-5,8-9,11H2,1H3,(H,21,25). The van der Waals surface area contributed by atoms with E-state index in [4.69, 9.17) is 0 Å². The summed E-state index contributed by atoms with van der Waals surface area (Å²) in [6, 6.07) is 4.54. The fourth-order valence-electron chi connectivity index (χ4n) is 3.20. The van der Waals surface area contributed by atoms with Gasteiger partial charge < -0.3 is 10.4 Å². The molecule has 27 heavy (non-hydrogen) atoms. The lowest BCUT2D eigenvalue weighted by molar-refractivity contribution is -0.113. The summed E-state index contributed by atoms with van der Waals surface area (Å²) in [4.78, 5) is 28.6. The molecule has 1 aromatic carbocycles. The summed E-state index contributed by atoms with van der Waals surface area (Å²) in [6.07, 6.45) is 3.58. The zero-order valence-corrected chi connectivity index (χ0v) is 15.9. The van der Waals surface area contributed by atoms with Crippen LogP contribution in [0.4, 0.5) is 10.1 Å². The third kappa shape index (κ3) is 4.56. The summed E-state index contributed by atoms with van der Waals surface area (Å²) in [7, 11) is 0. The first-order chi connectivity index (χ1) is 13.0. The monoisotopic (exact) mass is 391 g/mol. The van der Waals surface area contributed by atoms with Crippen molar-refractivity contribution < 1.29 is 14.3 Å². The molecule has 0 saturated heterocycles. The van der Waals surface area contributed by atoms with Crippen molar-refractivity contribution in [2.24, 2.45) is 0 Å². The summed E-state index contributed by atoms with van der Waals surface area (Å²) in [5.41, 5.74) is 2.43. The fraction of sp³-hybridized carbons (Fsp3) is 0.421. The van der Waals surface area contributed by atoms with Crippen molar-refractivity contribution >= 4 is 23.4 Å². The van der Waals surface area contributed by atoms with Crippen molar-refractivity contribution in [3.8, 4) is 0 Å². The molecule has 3 rings (SSSR count). The second-order valence-electron chi connectivity index (χ2n) is 6.51. The molecule has 0 bridgehead atoms. The topological polar surface area (TPSA) is 84.2 Å². The van der Waals surface area contributed by atoms with Crippen molar-refractivity contribution in [3.05, 3.63) is 51.3 Å². The van der Waals surface area contributed by atoms with Gasteiger partial charge >= 0.3 is 5.69 Å². The van der Waals surface area contributed by atoms with Crippen molar-refractivity contribution in [1.29, 1.82) is 0 Å². The molecule has 1 aliphatic carbocycles. The highest BCUT2D eigenvalue weighted by atomic mass is 32.2. The van der Waals surface area contributed by atoms with E-state index in [1.54, 1.807) is 19.1 Å². The Bertz CT molecular complexity index is 914. The molecule has 0 atom stereocenters. The van der Waals surface area contributed by atoms with Gasteiger partial charge in [0.2, 0.25) is 5.91 Å². The first-order valence-corrected chi connectivity index (χ1v) is 9.90. The zero-order valence-electron chi connectivity index (χ0n) is 15.1. The summed E-state index contributed by atoms with van der Waals surface area (Å²) >= 11 is 1.22. The number of rotatable bonds is 6. The Balaban J connectivity index is 1.73. The van der Waals surface area contributed by atoms with E-state index in [2.05, 4.69) is 10.3 Å². The van der Waals surface area contributed by atoms with E-state index in [1.807, 2.05) is 0 Å². The summed E-state index contributed by atoms with van der Waals surface area (Å²) < 4.78 is 15.1. The van der Waals surface area contributed by atoms with Gasteiger partial charge in [0.1, 0.15) is 10.8 Å². The van der Waals surface area contributed by atoms with Crippen LogP contribution < -0.4 is 11.0 Å². The second kappa shape index (κ2) is 8.67. The number of aliphatic hydroxyl groups excluding tert-OH is 1. The van der Waals surface area contributed by atoms with Gasteiger partial charge in [-0.2, -0.15) is 4.98 Å². The maximum absolute atomic E-state index is 13.6. The molecular weight excluding hydrogens is 369 g/mol. The van der Waals surface area contributed by atoms with Gasteiger partial charge in [-0.3, -0.25) is 9.36 Å². The Morgan fingerprint density at radius 3 is 2.89 bits per heavy atom. The first kappa shape index (κ1) is 19.6. The normalized spacial score (nSPS) is 13.3. The summed E-state index contributed by atoms with van der Waals surface area (Å²) in [5, 5.41) is 12.4. The predicted octanol–water partition coefficient (Wildman–Crippen LogP) is 2.29. The molecule has 2 N–H and O–H groups in total. The molecule has 1 aromatic heterocycles. The smallest absolute Gasteiger partial charge is 0.348 e. The number of benzene rings is 1. The highest BCUT2D eigenvalue weighted by Gasteiger charge is 2.21. The Morgan fingerprint density at radius 2 is 2.15 bits per heavy atom. The number of aryl methyl sites for hydroxylation is 1. The van der Waals surface area contributed by atoms with Crippen LogP contribution in [-0.2, 0) is 24.2 Å². The number of fused-ring (bicyclic) bond motifs is 1. The molecule has 0 fully saturated rings. The molecule has 1 amide bonds. The number of anilines is 1. The molecule has 1 heterocycles. The molecule has 0 saturated carbocycles. The lowest BCUT2D eigenvalue weighted by Gasteiger charge is -2.22. The molecule has 0 spiro atoms. The van der Waals surface area contributed by atoms with Gasteiger partial charge in [0.05, 0.1) is 18.9 Å². The van der Waals surface area contributed by atoms with Crippen molar-refractivity contribution in [2.75, 3.05) is 17.7 Å². The first-order valence-electron chi connectivity index (χ1n) is 8.92. The Labute approximate surface area is 160 Å². The SMILES string of the molecule is Cc1ccc(NC(=O)CSc2nc(=O)n(CCO)c3c2CCCC3)cc1F. The summed E-state index contributed by atoms with van der Waals surface area (Å²) in [6.45, 7) is 1.78. The number of halogens is 1. The number of hydrogen-bond donors (Lipinski definition) is 2. The van der Waals surface area contributed by atoms with Crippen LogP contribution in [0.5, 0.6) is 0 Å². The highest BCUT2D eigenvalue weighted by Crippen LogP contribution is 2.28. The molecule has 6 nitrogen and oxygen atoms in total. The van der Waals surface area contributed by atoms with Crippen molar-refractivity contribution in [3.63, 3.8) is 0 Å². The number of nitrogens with one attached hydrogen (secondary N) is 1. The van der Waals surface area contributed by atoms with Gasteiger partial charge in [-0.25, -0.2) is 9.18 Å². The molecule has 0 radical (unpaired) electrons. The van der Waals surface area contributed by atoms with Crippen LogP contribution in [0, 0.1) is 12.7 Å². The molecule has 1 aliphatic rings. The molecular formula is C19H22FN3O3S. The van der Waals surface area contributed by atoms with Gasteiger partial charge in [0, 0.05) is 16.9 Å². The van der Waals surface area contributed by atoms with Crippen LogP contribution in [0.3, 0.4) is 0 Å². The van der Waals surface area contributed by atoms with Gasteiger partial charge in [0.15, 0.2) is 0 Å². The molecule has 0 aliphatic heterocycles. The van der Waals surface area contributed by atoms with E-state index in [-0.39, 0.29) is 30.6 Å². The number of amides is 1. The van der Waals surface area contributed by atoms with Gasteiger partial charge in [0.25, 0.3) is 0 Å². The number of nitrogens with zero attached hydrogens (tertiary/aromatic N) is 2. The minimum absolute atomic E-state index is 0.0817. The van der Waals surface area contributed by atoms with E-state index in [0.717, 1.165) is 36.9 Å². The maximum Gasteiger partial charge on any atom is 0.348 e. The molecule has 2 aromatic rings. The van der Waals surface area contributed by atoms with Crippen LogP contribution in [0.1, 0.15) is 29.7 Å². The minimum atomic E-state index is -0.395. The molecule has 8 heteroatoms. The Morgan fingerprint density at radius 1 is 1.37 bits per heavy atom. The maximum atomic E-state index is 13.6. The Hall–Kier alpha value is -2.19. The van der Waals surface area contributed by atoms with E-state index in [1.165, 1.54) is 22.4 Å². The lowest BCUT2D eigenvalue weighted by Crippen LogP contribution is -2.31. The van der Waals surface area contributed by atoms with Crippen LogP contribution in [-0.4, -0.2) is 32.9 Å². The highest BCUT2D eigenvalue weighted by molar-refractivity contribution is 8.00. The predicted molar refractivity (Wildman–Crippen MR) is 103 cm³/mol. The van der Waals surface area contributed by atoms with Crippen molar-refractivity contribution in [1.82, 2.24) is 9.55 Å². The van der Waals surface area contributed by atoms with Crippen LogP contribution in [0.2, 0.25) is 0 Å². The summed E-state index contributed by atoms with van der Waals surface area (Å²) in [5.74, 6) is -0.573. The number of carbonyl (C=O) groups is 1. The van der Waals surface area contributed by atoms with Crippen LogP contribution in [0.25, 0.3) is 0 Å². The van der Waals surface area contributed by atoms with Gasteiger partial charge in [-0.15, -0.1) is 0 Å². The van der Waals surface area contributed by atoms with Crippen LogP contribution in [0.15, 0.2) is 28.0 Å². The average molecular weight is 391 g/mol. The third-order valence-electron chi connectivity index (χ3n) is 4.57. The number of hydrogen-bond acceptors (Lipinski definition) is 5. The lowest BCUT2D eigenvalue weighted by atomic mass is 9.97. The van der Waals surface area contributed by atoms with Gasteiger partial charge in [-0.1, -0.05) is 17.8 Å². The van der Waals surface area contributed by atoms with E-state index >= 15 is 0 Å². The average Bonchev–Trinajstić information content (AvgIpc) is 2.65. The number of carbonyl (C=O) groups excluding carboxylic acids is 1. The zero-order chi connectivity index (χ0) is 19.4. The van der Waals surface area contributed by atoms with E-state index < -0.39 is 5.69 Å². The van der Waals surface area contributed by atoms with E-state index in [9.17, 15) is 19.1 Å².